The fourth-order valence-electron chi connectivity index (χ4n) is 1.57. The zero-order valence-corrected chi connectivity index (χ0v) is 12.4. The number of carbonyl (C=O) groups excluding carboxylic acids is 1. The minimum absolute atomic E-state index is 0.00852. The van der Waals surface area contributed by atoms with Crippen molar-refractivity contribution in [1.29, 1.82) is 0 Å². The van der Waals surface area contributed by atoms with Gasteiger partial charge in [-0.2, -0.15) is 0 Å². The lowest BCUT2D eigenvalue weighted by atomic mass is 10.1. The Balaban J connectivity index is 1.81. The second kappa shape index (κ2) is 6.68. The highest BCUT2D eigenvalue weighted by molar-refractivity contribution is 8.01. The molecule has 0 saturated heterocycles. The van der Waals surface area contributed by atoms with Crippen LogP contribution >= 0.6 is 23.1 Å². The summed E-state index contributed by atoms with van der Waals surface area (Å²) in [4.78, 5) is 11.8. The highest BCUT2D eigenvalue weighted by atomic mass is 32.2. The van der Waals surface area contributed by atoms with Crippen molar-refractivity contribution >= 4 is 29.0 Å². The molecule has 19 heavy (non-hydrogen) atoms. The van der Waals surface area contributed by atoms with Gasteiger partial charge >= 0.3 is 0 Å². The van der Waals surface area contributed by atoms with Gasteiger partial charge in [0.05, 0.1) is 11.8 Å². The van der Waals surface area contributed by atoms with Gasteiger partial charge in [-0.25, -0.2) is 0 Å². The van der Waals surface area contributed by atoms with Crippen molar-refractivity contribution in [3.63, 3.8) is 0 Å². The van der Waals surface area contributed by atoms with Gasteiger partial charge in [-0.3, -0.25) is 4.79 Å². The molecule has 0 spiro atoms. The van der Waals surface area contributed by atoms with Crippen LogP contribution in [0, 0.1) is 6.92 Å². The molecule has 100 valence electrons. The first-order valence-electron chi connectivity index (χ1n) is 5.92. The van der Waals surface area contributed by atoms with Crippen LogP contribution in [0.5, 0.6) is 0 Å². The average Bonchev–Trinajstić information content (AvgIpc) is 2.83. The summed E-state index contributed by atoms with van der Waals surface area (Å²) in [5.74, 6) is 0.375. The third-order valence-electron chi connectivity index (χ3n) is 2.51. The predicted octanol–water partition coefficient (Wildman–Crippen LogP) is 2.82. The van der Waals surface area contributed by atoms with E-state index in [2.05, 4.69) is 15.5 Å². The van der Waals surface area contributed by atoms with E-state index in [-0.39, 0.29) is 11.9 Å². The van der Waals surface area contributed by atoms with E-state index in [9.17, 15) is 4.79 Å². The highest BCUT2D eigenvalue weighted by Crippen LogP contribution is 2.21. The van der Waals surface area contributed by atoms with Crippen LogP contribution in [0.15, 0.2) is 34.7 Å². The zero-order valence-electron chi connectivity index (χ0n) is 10.8. The molecule has 1 heterocycles. The molecule has 1 N–H and O–H groups in total. The molecule has 1 aromatic heterocycles. The van der Waals surface area contributed by atoms with Crippen LogP contribution in [0.2, 0.25) is 0 Å². The van der Waals surface area contributed by atoms with Crippen LogP contribution in [0.1, 0.15) is 23.5 Å². The van der Waals surface area contributed by atoms with Crippen molar-refractivity contribution < 1.29 is 4.79 Å². The van der Waals surface area contributed by atoms with Crippen molar-refractivity contribution in [2.45, 2.75) is 24.2 Å². The lowest BCUT2D eigenvalue weighted by molar-refractivity contribution is -0.119. The largest absolute Gasteiger partial charge is 0.349 e. The van der Waals surface area contributed by atoms with E-state index < -0.39 is 0 Å². The smallest absolute Gasteiger partial charge is 0.230 e. The summed E-state index contributed by atoms with van der Waals surface area (Å²) in [6, 6.07) is 9.93. The molecule has 0 radical (unpaired) electrons. The minimum Gasteiger partial charge on any atom is -0.349 e. The van der Waals surface area contributed by atoms with Gasteiger partial charge in [-0.15, -0.1) is 10.2 Å². The number of carbonyl (C=O) groups is 1. The number of hydrogen-bond donors (Lipinski definition) is 1. The molecule has 0 bridgehead atoms. The number of benzene rings is 1. The van der Waals surface area contributed by atoms with Crippen molar-refractivity contribution in [1.82, 2.24) is 15.5 Å². The molecule has 0 unspecified atom stereocenters. The molecule has 2 rings (SSSR count). The summed E-state index contributed by atoms with van der Waals surface area (Å²) < 4.78 is 0.833. The SMILES string of the molecule is Cc1nnc(SCC(=O)N[C@H](C)c2ccccc2)s1. The molecule has 1 amide bonds. The van der Waals surface area contributed by atoms with Crippen LogP contribution in [0.25, 0.3) is 0 Å². The number of hydrogen-bond acceptors (Lipinski definition) is 5. The number of nitrogens with zero attached hydrogens (tertiary/aromatic N) is 2. The first-order valence-corrected chi connectivity index (χ1v) is 7.72. The summed E-state index contributed by atoms with van der Waals surface area (Å²) in [6.45, 7) is 3.88. The molecular weight excluding hydrogens is 278 g/mol. The van der Waals surface area contributed by atoms with Gasteiger partial charge < -0.3 is 5.32 Å². The standard InChI is InChI=1S/C13H15N3OS2/c1-9(11-6-4-3-5-7-11)14-12(17)8-18-13-16-15-10(2)19-13/h3-7,9H,8H2,1-2H3,(H,14,17)/t9-/m1/s1. The third kappa shape index (κ3) is 4.33. The van der Waals surface area contributed by atoms with E-state index in [0.717, 1.165) is 14.9 Å². The molecule has 0 saturated carbocycles. The molecule has 0 aliphatic rings. The predicted molar refractivity (Wildman–Crippen MR) is 78.4 cm³/mol. The van der Waals surface area contributed by atoms with Crippen LogP contribution in [0.4, 0.5) is 0 Å². The fraction of sp³-hybridized carbons (Fsp3) is 0.308. The maximum absolute atomic E-state index is 11.8. The summed E-state index contributed by atoms with van der Waals surface area (Å²) in [6.07, 6.45) is 0. The van der Waals surface area contributed by atoms with E-state index in [4.69, 9.17) is 0 Å². The highest BCUT2D eigenvalue weighted by Gasteiger charge is 2.10. The molecule has 0 aliphatic carbocycles. The second-order valence-electron chi connectivity index (χ2n) is 4.08. The fourth-order valence-corrected chi connectivity index (χ4v) is 3.20. The number of thioether (sulfide) groups is 1. The van der Waals surface area contributed by atoms with Crippen molar-refractivity contribution in [2.24, 2.45) is 0 Å². The molecule has 1 atom stereocenters. The maximum Gasteiger partial charge on any atom is 0.230 e. The Morgan fingerprint density at radius 2 is 2.11 bits per heavy atom. The van der Waals surface area contributed by atoms with Gasteiger partial charge in [0.2, 0.25) is 5.91 Å². The summed E-state index contributed by atoms with van der Waals surface area (Å²) >= 11 is 2.93. The van der Waals surface area contributed by atoms with Gasteiger partial charge in [-0.1, -0.05) is 53.4 Å². The lowest BCUT2D eigenvalue weighted by Crippen LogP contribution is -2.28. The Morgan fingerprint density at radius 3 is 2.74 bits per heavy atom. The summed E-state index contributed by atoms with van der Waals surface area (Å²) in [7, 11) is 0. The van der Waals surface area contributed by atoms with E-state index in [0.29, 0.717) is 5.75 Å². The van der Waals surface area contributed by atoms with Gasteiger partial charge in [-0.05, 0) is 19.4 Å². The van der Waals surface area contributed by atoms with Gasteiger partial charge in [0.1, 0.15) is 5.01 Å². The van der Waals surface area contributed by atoms with E-state index >= 15 is 0 Å². The van der Waals surface area contributed by atoms with E-state index in [1.807, 2.05) is 44.2 Å². The van der Waals surface area contributed by atoms with E-state index in [1.165, 1.54) is 23.1 Å². The molecule has 2 aromatic rings. The monoisotopic (exact) mass is 293 g/mol. The summed E-state index contributed by atoms with van der Waals surface area (Å²) in [5, 5.41) is 11.8. The van der Waals surface area contributed by atoms with Crippen LogP contribution in [-0.4, -0.2) is 21.9 Å². The van der Waals surface area contributed by atoms with Crippen molar-refractivity contribution in [3.8, 4) is 0 Å². The Bertz CT molecular complexity index is 542. The van der Waals surface area contributed by atoms with Gasteiger partial charge in [0.25, 0.3) is 0 Å². The molecule has 0 aliphatic heterocycles. The number of aryl methyl sites for hydroxylation is 1. The molecule has 6 heteroatoms. The van der Waals surface area contributed by atoms with Gasteiger partial charge in [0, 0.05) is 0 Å². The van der Waals surface area contributed by atoms with Crippen LogP contribution in [-0.2, 0) is 4.79 Å². The Hall–Kier alpha value is -1.40. The number of amides is 1. The van der Waals surface area contributed by atoms with E-state index in [1.54, 1.807) is 0 Å². The molecule has 1 aromatic carbocycles. The van der Waals surface area contributed by atoms with Gasteiger partial charge in [0.15, 0.2) is 4.34 Å². The van der Waals surface area contributed by atoms with Crippen molar-refractivity contribution in [2.75, 3.05) is 5.75 Å². The van der Waals surface area contributed by atoms with Crippen molar-refractivity contribution in [3.05, 3.63) is 40.9 Å². The Morgan fingerprint density at radius 1 is 1.37 bits per heavy atom. The van der Waals surface area contributed by atoms with Crippen LogP contribution in [0.3, 0.4) is 0 Å². The van der Waals surface area contributed by atoms with Crippen LogP contribution < -0.4 is 5.32 Å². The lowest BCUT2D eigenvalue weighted by Gasteiger charge is -2.13. The molecule has 4 nitrogen and oxygen atoms in total. The minimum atomic E-state index is 0.00852. The third-order valence-corrected chi connectivity index (χ3v) is 4.48. The average molecular weight is 293 g/mol. The first-order chi connectivity index (χ1) is 9.15. The summed E-state index contributed by atoms with van der Waals surface area (Å²) in [5.41, 5.74) is 1.10. The number of aromatic nitrogens is 2. The topological polar surface area (TPSA) is 54.9 Å². The number of rotatable bonds is 5. The Kier molecular flexibility index (Phi) is 4.93. The number of nitrogens with one attached hydrogen (secondary N) is 1. The first kappa shape index (κ1) is 14.0. The quantitative estimate of drug-likeness (QED) is 0.861. The normalized spacial score (nSPS) is 12.1. The Labute approximate surface area is 120 Å². The maximum atomic E-state index is 11.8. The zero-order chi connectivity index (χ0) is 13.7. The molecule has 0 fully saturated rings. The second-order valence-corrected chi connectivity index (χ2v) is 6.48. The molecular formula is C13H15N3OS2.